The van der Waals surface area contributed by atoms with Crippen molar-refractivity contribution in [2.24, 2.45) is 0 Å². The second-order valence-electron chi connectivity index (χ2n) is 15.4. The van der Waals surface area contributed by atoms with Gasteiger partial charge in [-0.15, -0.1) is 0 Å². The lowest BCUT2D eigenvalue weighted by atomic mass is 9.82. The molecule has 0 aromatic carbocycles. The molecule has 0 aliphatic rings. The van der Waals surface area contributed by atoms with E-state index in [1.54, 1.807) is 7.11 Å². The van der Waals surface area contributed by atoms with E-state index in [2.05, 4.69) is 39.5 Å². The fourth-order valence-electron chi connectivity index (χ4n) is 7.85. The minimum atomic E-state index is -0.458. The zero-order valence-corrected chi connectivity index (χ0v) is 33.6. The van der Waals surface area contributed by atoms with E-state index in [9.17, 15) is 4.79 Å². The van der Waals surface area contributed by atoms with Crippen molar-refractivity contribution in [1.29, 1.82) is 0 Å². The highest BCUT2D eigenvalue weighted by Crippen LogP contribution is 2.35. The molecular weight excluding hydrogens is 574 g/mol. The average Bonchev–Trinajstić information content (AvgIpc) is 3.08. The number of ether oxygens (including phenoxy) is 1. The summed E-state index contributed by atoms with van der Waals surface area (Å²) in [6.07, 6.45) is 44.3. The van der Waals surface area contributed by atoms with Crippen LogP contribution in [-0.2, 0) is 9.53 Å². The first-order valence-corrected chi connectivity index (χ1v) is 21.9. The molecule has 3 heteroatoms. The van der Waals surface area contributed by atoms with E-state index in [1.165, 1.54) is 193 Å². The molecule has 0 rings (SSSR count). The van der Waals surface area contributed by atoms with Crippen molar-refractivity contribution < 1.29 is 9.53 Å². The molecule has 0 N–H and O–H groups in total. The van der Waals surface area contributed by atoms with E-state index in [4.69, 9.17) is 4.74 Å². The average molecular weight is 664 g/mol. The molecule has 1 atom stereocenters. The SMILES string of the molecule is CCCCCCCCCCN(C(C)CCCCCCCCC)C(CCCCCCCCCC)(CCCCCCCCCC)C(=O)OC. The first kappa shape index (κ1) is 46.4. The molecule has 0 aliphatic heterocycles. The zero-order chi connectivity index (χ0) is 34.7. The number of rotatable bonds is 38. The van der Waals surface area contributed by atoms with Gasteiger partial charge in [-0.3, -0.25) is 9.69 Å². The Morgan fingerprint density at radius 1 is 0.468 bits per heavy atom. The molecule has 0 aromatic heterocycles. The van der Waals surface area contributed by atoms with Gasteiger partial charge in [-0.1, -0.05) is 220 Å². The van der Waals surface area contributed by atoms with Crippen LogP contribution in [-0.4, -0.2) is 36.1 Å². The summed E-state index contributed by atoms with van der Waals surface area (Å²) in [5.41, 5.74) is -0.458. The first-order valence-electron chi connectivity index (χ1n) is 21.9. The van der Waals surface area contributed by atoms with Crippen LogP contribution in [0.3, 0.4) is 0 Å². The monoisotopic (exact) mass is 664 g/mol. The lowest BCUT2D eigenvalue weighted by Crippen LogP contribution is -2.58. The Labute approximate surface area is 297 Å². The highest BCUT2D eigenvalue weighted by Gasteiger charge is 2.45. The third-order valence-electron chi connectivity index (χ3n) is 11.0. The second kappa shape index (κ2) is 35.3. The molecule has 0 aliphatic carbocycles. The predicted octanol–water partition coefficient (Wildman–Crippen LogP) is 14.9. The molecule has 47 heavy (non-hydrogen) atoms. The van der Waals surface area contributed by atoms with Crippen LogP contribution in [0.1, 0.15) is 253 Å². The number of hydrogen-bond donors (Lipinski definition) is 0. The molecule has 1 unspecified atom stereocenters. The molecule has 0 fully saturated rings. The summed E-state index contributed by atoms with van der Waals surface area (Å²) in [7, 11) is 1.66. The van der Waals surface area contributed by atoms with Crippen LogP contribution in [0.25, 0.3) is 0 Å². The Morgan fingerprint density at radius 2 is 0.766 bits per heavy atom. The largest absolute Gasteiger partial charge is 0.468 e. The van der Waals surface area contributed by atoms with Crippen LogP contribution in [0.2, 0.25) is 0 Å². The summed E-state index contributed by atoms with van der Waals surface area (Å²) < 4.78 is 5.77. The predicted molar refractivity (Wildman–Crippen MR) is 211 cm³/mol. The van der Waals surface area contributed by atoms with Crippen LogP contribution >= 0.6 is 0 Å². The molecule has 0 saturated heterocycles. The van der Waals surface area contributed by atoms with Gasteiger partial charge in [0.15, 0.2) is 0 Å². The van der Waals surface area contributed by atoms with E-state index in [0.29, 0.717) is 6.04 Å². The maximum atomic E-state index is 14.1. The Kier molecular flexibility index (Phi) is 34.8. The number of esters is 1. The van der Waals surface area contributed by atoms with Crippen molar-refractivity contribution in [3.8, 4) is 0 Å². The van der Waals surface area contributed by atoms with E-state index < -0.39 is 5.54 Å². The Bertz CT molecular complexity index is 614. The van der Waals surface area contributed by atoms with E-state index in [-0.39, 0.29) is 5.97 Å². The minimum Gasteiger partial charge on any atom is -0.468 e. The summed E-state index contributed by atoms with van der Waals surface area (Å²) >= 11 is 0. The summed E-state index contributed by atoms with van der Waals surface area (Å²) in [5, 5.41) is 0. The van der Waals surface area contributed by atoms with Gasteiger partial charge in [-0.25, -0.2) is 0 Å². The van der Waals surface area contributed by atoms with Gasteiger partial charge in [0.1, 0.15) is 5.54 Å². The second-order valence-corrected chi connectivity index (χ2v) is 15.4. The van der Waals surface area contributed by atoms with E-state index in [1.807, 2.05) is 0 Å². The molecule has 0 aromatic rings. The van der Waals surface area contributed by atoms with Crippen molar-refractivity contribution in [1.82, 2.24) is 4.90 Å². The van der Waals surface area contributed by atoms with Gasteiger partial charge in [0.2, 0.25) is 0 Å². The zero-order valence-electron chi connectivity index (χ0n) is 33.6. The maximum absolute atomic E-state index is 14.1. The molecule has 282 valence electrons. The molecule has 0 saturated carbocycles. The summed E-state index contributed by atoms with van der Waals surface area (Å²) in [6.45, 7) is 12.7. The molecule has 0 bridgehead atoms. The van der Waals surface area contributed by atoms with Gasteiger partial charge >= 0.3 is 5.97 Å². The number of hydrogen-bond acceptors (Lipinski definition) is 3. The van der Waals surface area contributed by atoms with Crippen molar-refractivity contribution >= 4 is 5.97 Å². The standard InChI is InChI=1S/C44H89NO2/c1-7-11-15-19-23-27-31-35-39-44(43(46)47-6,40-36-32-28-24-20-16-12-8-2)45(41-37-33-29-25-21-17-13-9-3)42(5)38-34-30-26-22-18-14-10-4/h42H,7-41H2,1-6H3. The van der Waals surface area contributed by atoms with Gasteiger partial charge in [-0.05, 0) is 39.2 Å². The third kappa shape index (κ3) is 25.1. The maximum Gasteiger partial charge on any atom is 0.326 e. The van der Waals surface area contributed by atoms with Crippen LogP contribution < -0.4 is 0 Å². The molecule has 0 amide bonds. The van der Waals surface area contributed by atoms with Crippen LogP contribution in [0.5, 0.6) is 0 Å². The Morgan fingerprint density at radius 3 is 1.11 bits per heavy atom. The first-order chi connectivity index (χ1) is 23.0. The lowest BCUT2D eigenvalue weighted by molar-refractivity contribution is -0.159. The summed E-state index contributed by atoms with van der Waals surface area (Å²) in [6, 6.07) is 0.428. The van der Waals surface area contributed by atoms with E-state index in [0.717, 1.165) is 32.2 Å². The third-order valence-corrected chi connectivity index (χ3v) is 11.0. The fraction of sp³-hybridized carbons (Fsp3) is 0.977. The van der Waals surface area contributed by atoms with Gasteiger partial charge < -0.3 is 4.74 Å². The van der Waals surface area contributed by atoms with Crippen LogP contribution in [0, 0.1) is 0 Å². The minimum absolute atomic E-state index is 0.0642. The van der Waals surface area contributed by atoms with Gasteiger partial charge in [0.25, 0.3) is 0 Å². The number of carbonyl (C=O) groups is 1. The van der Waals surface area contributed by atoms with Crippen LogP contribution in [0.15, 0.2) is 0 Å². The highest BCUT2D eigenvalue weighted by molar-refractivity contribution is 5.80. The smallest absolute Gasteiger partial charge is 0.326 e. The quantitative estimate of drug-likeness (QED) is 0.0486. The molecule has 3 nitrogen and oxygen atoms in total. The van der Waals surface area contributed by atoms with Crippen LogP contribution in [0.4, 0.5) is 0 Å². The number of nitrogens with zero attached hydrogens (tertiary/aromatic N) is 1. The molecular formula is C44H89NO2. The lowest BCUT2D eigenvalue weighted by Gasteiger charge is -2.46. The number of carbonyl (C=O) groups excluding carboxylic acids is 1. The van der Waals surface area contributed by atoms with Crippen molar-refractivity contribution in [3.05, 3.63) is 0 Å². The molecule has 0 radical (unpaired) electrons. The van der Waals surface area contributed by atoms with Gasteiger partial charge in [0.05, 0.1) is 7.11 Å². The fourth-order valence-corrected chi connectivity index (χ4v) is 7.85. The van der Waals surface area contributed by atoms with Gasteiger partial charge in [0, 0.05) is 6.04 Å². The van der Waals surface area contributed by atoms with Crippen molar-refractivity contribution in [3.63, 3.8) is 0 Å². The van der Waals surface area contributed by atoms with Crippen molar-refractivity contribution in [2.75, 3.05) is 13.7 Å². The van der Waals surface area contributed by atoms with Gasteiger partial charge in [-0.2, -0.15) is 0 Å². The Hall–Kier alpha value is -0.570. The summed E-state index contributed by atoms with van der Waals surface area (Å²) in [5.74, 6) is 0.0642. The molecule has 0 heterocycles. The number of unbranched alkanes of at least 4 members (excludes halogenated alkanes) is 27. The highest BCUT2D eigenvalue weighted by atomic mass is 16.5. The normalized spacial score (nSPS) is 12.7. The topological polar surface area (TPSA) is 29.5 Å². The molecule has 0 spiro atoms. The van der Waals surface area contributed by atoms with Crippen molar-refractivity contribution in [2.45, 2.75) is 265 Å². The Balaban J connectivity index is 5.66. The number of methoxy groups -OCH3 is 1. The summed E-state index contributed by atoms with van der Waals surface area (Å²) in [4.78, 5) is 16.8. The van der Waals surface area contributed by atoms with E-state index >= 15 is 0 Å².